The quantitative estimate of drug-likeness (QED) is 0.0757. The third kappa shape index (κ3) is 16.3. The fourth-order valence-electron chi connectivity index (χ4n) is 4.24. The van der Waals surface area contributed by atoms with Gasteiger partial charge in [0.15, 0.2) is 5.38 Å². The van der Waals surface area contributed by atoms with Gasteiger partial charge in [0.05, 0.1) is 11.4 Å². The number of hydrogen-bond acceptors (Lipinski definition) is 3. The molecule has 0 aromatic heterocycles. The van der Waals surface area contributed by atoms with Crippen LogP contribution in [0, 0.1) is 0 Å². The molecule has 1 unspecified atom stereocenters. The van der Waals surface area contributed by atoms with E-state index in [1.165, 1.54) is 0 Å². The van der Waals surface area contributed by atoms with Crippen LogP contribution in [0.1, 0.15) is 0 Å². The summed E-state index contributed by atoms with van der Waals surface area (Å²) in [6.07, 6.45) is 0. The third-order valence-electron chi connectivity index (χ3n) is 8.78. The molecule has 74 heavy (non-hydrogen) atoms. The summed E-state index contributed by atoms with van der Waals surface area (Å²) in [7, 11) is 0. The van der Waals surface area contributed by atoms with E-state index in [4.69, 9.17) is 4.18 Å². The molecule has 0 radical (unpaired) electrons. The van der Waals surface area contributed by atoms with Crippen molar-refractivity contribution in [3.05, 3.63) is 0 Å². The van der Waals surface area contributed by atoms with Crippen LogP contribution in [0.3, 0.4) is 0 Å². The molecule has 0 bridgehead atoms. The molecule has 0 N–H and O–H groups in total. The first-order chi connectivity index (χ1) is 30.9. The largest absolute Gasteiger partial charge is 0.750 e. The first kappa shape index (κ1) is 96.6. The van der Waals surface area contributed by atoms with E-state index in [1.54, 1.807) is 0 Å². The van der Waals surface area contributed by atoms with Crippen LogP contribution < -0.4 is 0 Å². The zero-order valence-corrected chi connectivity index (χ0v) is 106. The Morgan fingerprint density at radius 3 is 0.378 bits per heavy atom. The lowest BCUT2D eigenvalue weighted by atomic mass is 10.0. The Bertz CT molecular complexity index is 2070. The molecule has 0 aromatic rings. The average Bonchev–Trinajstić information content (AvgIpc) is 3.15. The van der Waals surface area contributed by atoms with Gasteiger partial charge in [0, 0.05) is 0 Å². The van der Waals surface area contributed by atoms with Crippen LogP contribution in [-0.4, -0.2) is 82.2 Å². The second-order valence-electron chi connectivity index (χ2n) is 13.4. The van der Waals surface area contributed by atoms with E-state index < -0.39 is 84.8 Å². The Balaban J connectivity index is 8.15. The summed E-state index contributed by atoms with van der Waals surface area (Å²) in [5.41, 5.74) is 0. The zero-order chi connectivity index (χ0) is 61.8. The van der Waals surface area contributed by atoms with Crippen molar-refractivity contribution in [3.63, 3.8) is 0 Å². The van der Waals surface area contributed by atoms with Crippen LogP contribution >= 0.6 is 749 Å². The first-order valence-corrected chi connectivity index (χ1v) is 53.4. The highest BCUT2D eigenvalue weighted by Gasteiger charge is 2.86. The SMILES string of the molecule is O=S([O-])OC(Br)(Br)C(Br)(Br)C(Br)(Br)C(Br)(Br)C(Br)(Br)C(Br)(Br)C(Br)(Br)C(Br)(Br)C(Br)(Br)C(Br)(Br)C(Br)(Br)C(Br)(Br)C(Br)(Br)C(Br)(Br)C(Br)(Br)C(Br)(Br)C(Br)(Br)C(Br)(Br)C(Br)(Br)C(Br)(Br)C(Br)(Br)C(Br)(Br)C(Br)(Br)Br. The molecular weight excluding hydrogens is 4110 g/mol. The number of alkyl halides is 47. The smallest absolute Gasteiger partial charge is 0.219 e. The molecule has 0 aliphatic heterocycles. The minimum Gasteiger partial charge on any atom is -0.750 e. The zero-order valence-electron chi connectivity index (χ0n) is 30.9. The van der Waals surface area contributed by atoms with Gasteiger partial charge in [-0.25, -0.2) is 4.21 Å². The van der Waals surface area contributed by atoms with Crippen LogP contribution in [0.2, 0.25) is 0 Å². The Labute approximate surface area is 824 Å². The lowest BCUT2D eigenvalue weighted by Crippen LogP contribution is -2.74. The second kappa shape index (κ2) is 31.6. The molecule has 0 aromatic carbocycles. The van der Waals surface area contributed by atoms with Crippen molar-refractivity contribution in [2.24, 2.45) is 0 Å². The molecule has 446 valence electrons. The number of hydrogen-bond donors (Lipinski definition) is 0. The van der Waals surface area contributed by atoms with Gasteiger partial charge < -0.3 is 4.55 Å². The summed E-state index contributed by atoms with van der Waals surface area (Å²) in [4.78, 5) is 0. The van der Waals surface area contributed by atoms with Crippen LogP contribution in [0.25, 0.3) is 0 Å². The highest BCUT2D eigenvalue weighted by atomic mass is 80.0. The van der Waals surface area contributed by atoms with Crippen molar-refractivity contribution in [1.29, 1.82) is 0 Å². The lowest BCUT2D eigenvalue weighted by Gasteiger charge is -2.63. The molecule has 0 spiro atoms. The first-order valence-electron chi connectivity index (χ1n) is 15.1. The van der Waals surface area contributed by atoms with Crippen LogP contribution in [0.4, 0.5) is 0 Å². The highest BCUT2D eigenvalue weighted by Crippen LogP contribution is 2.86. The maximum Gasteiger partial charge on any atom is 0.219 e. The predicted octanol–water partition coefficient (Wildman–Crippen LogP) is 34.3. The fraction of sp³-hybridized carbons (Fsp3) is 1.00. The van der Waals surface area contributed by atoms with Crippen LogP contribution in [-0.2, 0) is 15.5 Å². The van der Waals surface area contributed by atoms with Crippen molar-refractivity contribution in [2.45, 2.75) is 73.5 Å². The van der Waals surface area contributed by atoms with Gasteiger partial charge in [0.1, 0.15) is 64.7 Å². The monoisotopic (exact) mass is 4070 g/mol. The maximum atomic E-state index is 11.8. The number of halogens is 47. The summed E-state index contributed by atoms with van der Waals surface area (Å²) in [5.74, 6) is 0. The van der Waals surface area contributed by atoms with Gasteiger partial charge in [-0.1, -0.05) is 717 Å². The molecule has 0 amide bonds. The average molecular weight is 4110 g/mol. The molecule has 0 saturated carbocycles. The predicted molar refractivity (Wildman–Crippen MR) is 492 cm³/mol. The standard InChI is InChI=1S/C23HBr47O3S/c24-1(25,2(26,27)4(30,31)6(34,35)8(38,39)10(42,43)12(46,47)14(50,51)16(54,55)18(58,59)20(62,63)22(66,67)68)3(28,29)5(32,33)7(36,37)9(40,41)11(44,45)13(48,49)15(52,53)17(56,57)19(60,61)21(64,65)23(69,70)73-74(71)72/h(H,71,72)/p-1. The van der Waals surface area contributed by atoms with Gasteiger partial charge in [0.2, 0.25) is 3.42 Å². The highest BCUT2D eigenvalue weighted by molar-refractivity contribution is 9.44. The molecule has 0 aliphatic rings. The van der Waals surface area contributed by atoms with E-state index in [0.717, 1.165) is 0 Å². The molecule has 0 fully saturated rings. The minimum absolute atomic E-state index is 0.958. The fourth-order valence-corrected chi connectivity index (χ4v) is 53.7. The summed E-state index contributed by atoms with van der Waals surface area (Å²) in [6, 6.07) is 0. The normalized spacial score (nSPS) is 17.8. The molecule has 51 heteroatoms. The van der Waals surface area contributed by atoms with E-state index in [9.17, 15) is 8.76 Å². The van der Waals surface area contributed by atoms with Crippen molar-refractivity contribution >= 4 is 760 Å². The summed E-state index contributed by atoms with van der Waals surface area (Å²) >= 11 is 181. The Morgan fingerprint density at radius 2 is 0.284 bits per heavy atom. The van der Waals surface area contributed by atoms with Gasteiger partial charge in [0.25, 0.3) is 0 Å². The lowest BCUT2D eigenvalue weighted by molar-refractivity contribution is 0.247. The molecule has 3 nitrogen and oxygen atoms in total. The molecule has 0 rings (SSSR count). The van der Waals surface area contributed by atoms with Crippen molar-refractivity contribution in [3.8, 4) is 0 Å². The van der Waals surface area contributed by atoms with Gasteiger partial charge >= 0.3 is 0 Å². The van der Waals surface area contributed by atoms with Gasteiger partial charge in [-0.2, -0.15) is 0 Å². The number of rotatable bonds is 23. The van der Waals surface area contributed by atoms with E-state index in [1.807, 2.05) is 0 Å². The second-order valence-corrected chi connectivity index (χ2v) is 96.3. The molecule has 0 heterocycles. The molecular formula is C23Br47O3S-. The van der Waals surface area contributed by atoms with Gasteiger partial charge in [-0.3, -0.25) is 4.18 Å². The van der Waals surface area contributed by atoms with Crippen LogP contribution in [0.5, 0.6) is 0 Å². The van der Waals surface area contributed by atoms with Crippen LogP contribution in [0.15, 0.2) is 0 Å². The Morgan fingerprint density at radius 1 is 0.189 bits per heavy atom. The summed E-state index contributed by atoms with van der Waals surface area (Å²) < 4.78 is -4.21. The topological polar surface area (TPSA) is 49.4 Å². The molecule has 1 atom stereocenters. The Hall–Kier alpha value is 22.6. The van der Waals surface area contributed by atoms with E-state index in [2.05, 4.69) is 749 Å². The Kier molecular flexibility index (Phi) is 41.3. The molecule has 0 saturated heterocycles. The van der Waals surface area contributed by atoms with Gasteiger partial charge in [-0.05, 0) is 31.9 Å². The third-order valence-corrected chi connectivity index (χ3v) is 111. The van der Waals surface area contributed by atoms with E-state index in [0.29, 0.717) is 0 Å². The van der Waals surface area contributed by atoms with E-state index >= 15 is 0 Å². The van der Waals surface area contributed by atoms with Crippen molar-refractivity contribution in [1.82, 2.24) is 0 Å². The minimum atomic E-state index is -3.00. The van der Waals surface area contributed by atoms with Gasteiger partial charge in [-0.15, -0.1) is 0 Å². The molecule has 0 aliphatic carbocycles. The summed E-state index contributed by atoms with van der Waals surface area (Å²) in [5, 5.41) is 0. The van der Waals surface area contributed by atoms with Crippen molar-refractivity contribution < 1.29 is 12.9 Å². The maximum absolute atomic E-state index is 11.8. The van der Waals surface area contributed by atoms with E-state index in [-0.39, 0.29) is 0 Å². The summed E-state index contributed by atoms with van der Waals surface area (Å²) in [6.45, 7) is 0. The van der Waals surface area contributed by atoms with Crippen molar-refractivity contribution in [2.75, 3.05) is 0 Å².